The minimum Gasteiger partial charge on any atom is -0.508 e. The molecule has 1 heterocycles. The Hall–Kier alpha value is -3.28. The molecule has 0 bridgehead atoms. The number of hydrogen-bond donors (Lipinski definition) is 4. The minimum atomic E-state index is 0.178. The molecule has 0 aliphatic carbocycles. The van der Waals surface area contributed by atoms with Crippen molar-refractivity contribution < 1.29 is 10.2 Å². The molecule has 22 heavy (non-hydrogen) atoms. The number of nitrogens with zero attached hydrogens (tertiary/aromatic N) is 2. The van der Waals surface area contributed by atoms with Crippen LogP contribution in [0.3, 0.4) is 0 Å². The van der Waals surface area contributed by atoms with Crippen LogP contribution in [0.25, 0.3) is 0 Å². The number of aromatic nitrogens is 2. The van der Waals surface area contributed by atoms with Crippen LogP contribution in [0.15, 0.2) is 60.9 Å². The zero-order valence-electron chi connectivity index (χ0n) is 11.6. The van der Waals surface area contributed by atoms with Crippen LogP contribution < -0.4 is 10.6 Å². The first kappa shape index (κ1) is 13.7. The van der Waals surface area contributed by atoms with Crippen LogP contribution in [-0.2, 0) is 0 Å². The van der Waals surface area contributed by atoms with Gasteiger partial charge in [-0.15, -0.1) is 0 Å². The van der Waals surface area contributed by atoms with Crippen molar-refractivity contribution in [2.24, 2.45) is 0 Å². The Morgan fingerprint density at radius 3 is 1.64 bits per heavy atom. The van der Waals surface area contributed by atoms with Gasteiger partial charge in [-0.3, -0.25) is 0 Å². The fourth-order valence-corrected chi connectivity index (χ4v) is 1.96. The van der Waals surface area contributed by atoms with Gasteiger partial charge in [0.2, 0.25) is 0 Å². The lowest BCUT2D eigenvalue weighted by Crippen LogP contribution is -1.98. The maximum Gasteiger partial charge on any atom is 0.135 e. The van der Waals surface area contributed by atoms with E-state index >= 15 is 0 Å². The molecule has 4 N–H and O–H groups in total. The molecule has 6 heteroatoms. The van der Waals surface area contributed by atoms with Crippen molar-refractivity contribution in [2.45, 2.75) is 0 Å². The van der Waals surface area contributed by atoms with Crippen LogP contribution >= 0.6 is 0 Å². The van der Waals surface area contributed by atoms with Crippen LogP contribution in [0.4, 0.5) is 23.0 Å². The number of hydrogen-bond acceptors (Lipinski definition) is 6. The van der Waals surface area contributed by atoms with Gasteiger partial charge in [-0.2, -0.15) is 0 Å². The van der Waals surface area contributed by atoms with E-state index in [0.29, 0.717) is 11.6 Å². The molecular formula is C16H14N4O2. The lowest BCUT2D eigenvalue weighted by Gasteiger charge is -2.09. The second kappa shape index (κ2) is 6.01. The molecule has 0 saturated carbocycles. The molecule has 0 fully saturated rings. The summed E-state index contributed by atoms with van der Waals surface area (Å²) < 4.78 is 0. The van der Waals surface area contributed by atoms with Crippen LogP contribution in [0.2, 0.25) is 0 Å². The smallest absolute Gasteiger partial charge is 0.135 e. The van der Waals surface area contributed by atoms with E-state index in [-0.39, 0.29) is 11.5 Å². The lowest BCUT2D eigenvalue weighted by molar-refractivity contribution is 0.475. The van der Waals surface area contributed by atoms with E-state index in [9.17, 15) is 10.2 Å². The third-order valence-electron chi connectivity index (χ3n) is 2.90. The number of anilines is 4. The molecule has 0 aliphatic heterocycles. The van der Waals surface area contributed by atoms with Crippen molar-refractivity contribution in [1.29, 1.82) is 0 Å². The van der Waals surface area contributed by atoms with Gasteiger partial charge >= 0.3 is 0 Å². The number of aromatic hydroxyl groups is 2. The summed E-state index contributed by atoms with van der Waals surface area (Å²) in [6, 6.07) is 15.3. The zero-order chi connectivity index (χ0) is 15.4. The number of benzene rings is 2. The second-order valence-electron chi connectivity index (χ2n) is 4.64. The lowest BCUT2D eigenvalue weighted by atomic mass is 10.3. The first-order valence-corrected chi connectivity index (χ1v) is 6.63. The maximum atomic E-state index is 9.46. The average molecular weight is 294 g/mol. The van der Waals surface area contributed by atoms with Crippen molar-refractivity contribution in [2.75, 3.05) is 10.6 Å². The molecule has 110 valence electrons. The summed E-state index contributed by atoms with van der Waals surface area (Å²) in [6.45, 7) is 0. The monoisotopic (exact) mass is 294 g/mol. The van der Waals surface area contributed by atoms with E-state index in [2.05, 4.69) is 20.6 Å². The highest BCUT2D eigenvalue weighted by molar-refractivity contribution is 5.64. The number of phenolic OH excluding ortho intramolecular Hbond substituents is 2. The summed E-state index contributed by atoms with van der Waals surface area (Å²) in [7, 11) is 0. The molecule has 1 aromatic heterocycles. The van der Waals surface area contributed by atoms with Crippen molar-refractivity contribution in [3.63, 3.8) is 0 Å². The zero-order valence-corrected chi connectivity index (χ0v) is 11.6. The van der Waals surface area contributed by atoms with Gasteiger partial charge in [0.25, 0.3) is 0 Å². The molecule has 0 unspecified atom stereocenters. The fourth-order valence-electron chi connectivity index (χ4n) is 1.96. The summed E-state index contributed by atoms with van der Waals surface area (Å²) in [5, 5.41) is 25.1. The van der Waals surface area contributed by atoms with Crippen LogP contribution in [0, 0.1) is 0 Å². The van der Waals surface area contributed by atoms with E-state index in [1.807, 2.05) is 12.1 Å². The van der Waals surface area contributed by atoms with E-state index < -0.39 is 0 Å². The molecule has 0 amide bonds. The number of rotatable bonds is 4. The van der Waals surface area contributed by atoms with Crippen LogP contribution in [-0.4, -0.2) is 20.2 Å². The minimum absolute atomic E-state index is 0.178. The first-order valence-electron chi connectivity index (χ1n) is 6.63. The van der Waals surface area contributed by atoms with E-state index in [0.717, 1.165) is 11.4 Å². The topological polar surface area (TPSA) is 90.3 Å². The fraction of sp³-hybridized carbons (Fsp3) is 0. The van der Waals surface area contributed by atoms with Gasteiger partial charge in [-0.05, 0) is 24.3 Å². The van der Waals surface area contributed by atoms with Crippen molar-refractivity contribution >= 4 is 23.0 Å². The Labute approximate surface area is 127 Å². The van der Waals surface area contributed by atoms with Crippen LogP contribution in [0.1, 0.15) is 0 Å². The van der Waals surface area contributed by atoms with Gasteiger partial charge in [0.05, 0.1) is 0 Å². The Balaban J connectivity index is 1.78. The molecule has 2 aromatic carbocycles. The maximum absolute atomic E-state index is 9.46. The summed E-state index contributed by atoms with van der Waals surface area (Å²) >= 11 is 0. The molecule has 0 spiro atoms. The second-order valence-corrected chi connectivity index (χ2v) is 4.64. The van der Waals surface area contributed by atoms with Gasteiger partial charge in [-0.25, -0.2) is 9.97 Å². The highest BCUT2D eigenvalue weighted by Gasteiger charge is 2.02. The van der Waals surface area contributed by atoms with Gasteiger partial charge in [-0.1, -0.05) is 12.1 Å². The van der Waals surface area contributed by atoms with Gasteiger partial charge < -0.3 is 20.8 Å². The summed E-state index contributed by atoms with van der Waals surface area (Å²) in [5.74, 6) is 1.53. The van der Waals surface area contributed by atoms with Crippen molar-refractivity contribution in [3.8, 4) is 11.5 Å². The van der Waals surface area contributed by atoms with Crippen LogP contribution in [0.5, 0.6) is 11.5 Å². The number of phenols is 2. The third kappa shape index (κ3) is 3.43. The molecule has 3 aromatic rings. The Morgan fingerprint density at radius 2 is 1.18 bits per heavy atom. The quantitative estimate of drug-likeness (QED) is 0.590. The SMILES string of the molecule is Oc1cccc(Nc2cc(Nc3cccc(O)c3)ncn2)c1. The largest absolute Gasteiger partial charge is 0.508 e. The Bertz CT molecular complexity index is 730. The predicted molar refractivity (Wildman–Crippen MR) is 84.8 cm³/mol. The molecule has 0 saturated heterocycles. The van der Waals surface area contributed by atoms with Crippen molar-refractivity contribution in [1.82, 2.24) is 9.97 Å². The predicted octanol–water partition coefficient (Wildman–Crippen LogP) is 3.38. The van der Waals surface area contributed by atoms with Crippen molar-refractivity contribution in [3.05, 3.63) is 60.9 Å². The average Bonchev–Trinajstić information content (AvgIpc) is 2.47. The summed E-state index contributed by atoms with van der Waals surface area (Å²) in [6.07, 6.45) is 1.43. The highest BCUT2D eigenvalue weighted by Crippen LogP contribution is 2.23. The molecule has 0 atom stereocenters. The summed E-state index contributed by atoms with van der Waals surface area (Å²) in [5.41, 5.74) is 1.45. The normalized spacial score (nSPS) is 10.2. The Kier molecular flexibility index (Phi) is 3.74. The standard InChI is InChI=1S/C16H14N4O2/c21-13-5-1-3-11(7-13)19-15-9-16(18-10-17-15)20-12-4-2-6-14(22)8-12/h1-10,21-22H,(H2,17,18,19,20). The van der Waals surface area contributed by atoms with Gasteiger partial charge in [0.15, 0.2) is 0 Å². The molecular weight excluding hydrogens is 280 g/mol. The molecule has 3 rings (SSSR count). The third-order valence-corrected chi connectivity index (χ3v) is 2.90. The van der Waals surface area contributed by atoms with Gasteiger partial charge in [0.1, 0.15) is 29.5 Å². The van der Waals surface area contributed by atoms with Gasteiger partial charge in [0, 0.05) is 29.6 Å². The van der Waals surface area contributed by atoms with E-state index in [1.165, 1.54) is 6.33 Å². The molecule has 0 aliphatic rings. The number of nitrogens with one attached hydrogen (secondary N) is 2. The Morgan fingerprint density at radius 1 is 0.682 bits per heavy atom. The first-order chi connectivity index (χ1) is 10.7. The molecule has 0 radical (unpaired) electrons. The highest BCUT2D eigenvalue weighted by atomic mass is 16.3. The van der Waals surface area contributed by atoms with E-state index in [4.69, 9.17) is 0 Å². The van der Waals surface area contributed by atoms with E-state index in [1.54, 1.807) is 42.5 Å². The molecule has 6 nitrogen and oxygen atoms in total. The summed E-state index contributed by atoms with van der Waals surface area (Å²) in [4.78, 5) is 8.26.